The minimum Gasteiger partial charge on any atom is -0.398 e. The highest BCUT2D eigenvalue weighted by molar-refractivity contribution is 6.15. The van der Waals surface area contributed by atoms with Crippen LogP contribution in [-0.4, -0.2) is 71.4 Å². The number of rotatable bonds is 7. The number of aliphatic imine (C=N–C) groups is 1. The second-order valence-corrected chi connectivity index (χ2v) is 14.9. The van der Waals surface area contributed by atoms with Crippen molar-refractivity contribution in [3.05, 3.63) is 58.4 Å². The molecule has 0 radical (unpaired) electrons. The van der Waals surface area contributed by atoms with E-state index in [-0.39, 0.29) is 33.4 Å². The topological polar surface area (TPSA) is 82.7 Å². The summed E-state index contributed by atoms with van der Waals surface area (Å²) in [6.45, 7) is 7.99. The number of piperazine rings is 1. The Morgan fingerprint density at radius 1 is 1.14 bits per heavy atom. The van der Waals surface area contributed by atoms with Gasteiger partial charge in [0.25, 0.3) is 0 Å². The lowest BCUT2D eigenvalue weighted by Gasteiger charge is -2.42. The molecule has 0 aliphatic carbocycles. The Bertz CT molecular complexity index is 2060. The van der Waals surface area contributed by atoms with E-state index in [4.69, 9.17) is 22.1 Å². The lowest BCUT2D eigenvalue weighted by atomic mass is 9.88. The number of hydrogen-bond acceptors (Lipinski definition) is 7. The smallest absolute Gasteiger partial charge is 0.159 e. The molecule has 2 bridgehead atoms. The third-order valence-electron chi connectivity index (χ3n) is 12.1. The first kappa shape index (κ1) is 32.1. The van der Waals surface area contributed by atoms with Gasteiger partial charge in [0, 0.05) is 66.4 Å². The molecule has 4 aliphatic heterocycles. The molecule has 4 fully saturated rings. The summed E-state index contributed by atoms with van der Waals surface area (Å²) in [5.41, 5.74) is 9.75. The van der Waals surface area contributed by atoms with Crippen molar-refractivity contribution in [3.63, 3.8) is 0 Å². The number of aryl methyl sites for hydroxylation is 2. The van der Waals surface area contributed by atoms with Crippen LogP contribution in [0.5, 0.6) is 0 Å². The van der Waals surface area contributed by atoms with Gasteiger partial charge in [0.15, 0.2) is 5.82 Å². The zero-order chi connectivity index (χ0) is 34.1. The number of benzene rings is 3. The molecule has 7 nitrogen and oxygen atoms in total. The molecule has 0 saturated carbocycles. The SMILES string of the molecule is C#Cc1c(F)ccc2cc(C)cc(-c3c(N)c(C=NC)c4c(N5CC6CCC(CC)(C5)N6)nc(CCC56CCCN5CCC6)nc4c3F)c12. The van der Waals surface area contributed by atoms with E-state index in [1.54, 1.807) is 19.3 Å². The van der Waals surface area contributed by atoms with Gasteiger partial charge >= 0.3 is 0 Å². The fraction of sp³-hybridized carbons (Fsp3) is 0.475. The Labute approximate surface area is 287 Å². The van der Waals surface area contributed by atoms with Crippen LogP contribution in [0.15, 0.2) is 29.3 Å². The molecular formula is C40H45F2N7. The molecule has 3 aromatic carbocycles. The Morgan fingerprint density at radius 2 is 1.94 bits per heavy atom. The van der Waals surface area contributed by atoms with Crippen molar-refractivity contribution in [1.82, 2.24) is 20.2 Å². The molecule has 9 heteroatoms. The maximum absolute atomic E-state index is 17.6. The second kappa shape index (κ2) is 12.0. The van der Waals surface area contributed by atoms with Gasteiger partial charge in [-0.25, -0.2) is 18.7 Å². The molecule has 0 amide bonds. The first-order chi connectivity index (χ1) is 23.7. The van der Waals surface area contributed by atoms with Crippen LogP contribution in [-0.2, 0) is 6.42 Å². The zero-order valence-electron chi connectivity index (χ0n) is 28.8. The summed E-state index contributed by atoms with van der Waals surface area (Å²) in [6.07, 6.45) is 17.1. The summed E-state index contributed by atoms with van der Waals surface area (Å²) >= 11 is 0. The fourth-order valence-corrected chi connectivity index (χ4v) is 9.72. The summed E-state index contributed by atoms with van der Waals surface area (Å²) in [6, 6.07) is 7.14. The van der Waals surface area contributed by atoms with Crippen molar-refractivity contribution in [3.8, 4) is 23.5 Å². The molecule has 5 heterocycles. The van der Waals surface area contributed by atoms with Gasteiger partial charge in [-0.05, 0) is 94.0 Å². The summed E-state index contributed by atoms with van der Waals surface area (Å²) in [5.74, 6) is 2.80. The Kier molecular flexibility index (Phi) is 7.88. The third kappa shape index (κ3) is 5.09. The fourth-order valence-electron chi connectivity index (χ4n) is 9.72. The number of fused-ring (bicyclic) bond motifs is 5. The standard InChI is InChI=1S/C40H45F2N7/c1-5-27-30(41)10-9-25-19-24(3)20-28(32(25)27)33-35(42)37-34(29(21-44-4)36(33)43)38(48-22-26-11-15-39(6-2,23-48)47-26)46-31(45-37)12-16-40-13-7-17-49(40)18-8-14-40/h1,9-10,19-21,26,47H,6-8,11-18,22-23,43H2,2-4H3. The van der Waals surface area contributed by atoms with Crippen LogP contribution in [0.1, 0.15) is 80.8 Å². The molecular weight excluding hydrogens is 616 g/mol. The maximum atomic E-state index is 17.6. The van der Waals surface area contributed by atoms with Gasteiger partial charge < -0.3 is 16.0 Å². The number of nitrogen functional groups attached to an aromatic ring is 1. The Morgan fingerprint density at radius 3 is 2.67 bits per heavy atom. The van der Waals surface area contributed by atoms with Gasteiger partial charge in [0.2, 0.25) is 0 Å². The number of nitrogens with two attached hydrogens (primary N) is 1. The molecule has 8 rings (SSSR count). The summed E-state index contributed by atoms with van der Waals surface area (Å²) in [4.78, 5) is 19.7. The first-order valence-corrected chi connectivity index (χ1v) is 17.9. The van der Waals surface area contributed by atoms with Crippen molar-refractivity contribution in [2.24, 2.45) is 4.99 Å². The summed E-state index contributed by atoms with van der Waals surface area (Å²) in [7, 11) is 1.68. The van der Waals surface area contributed by atoms with Crippen molar-refractivity contribution < 1.29 is 8.78 Å². The van der Waals surface area contributed by atoms with E-state index in [0.29, 0.717) is 40.2 Å². The van der Waals surface area contributed by atoms with Crippen LogP contribution >= 0.6 is 0 Å². The number of terminal acetylenes is 1. The highest BCUT2D eigenvalue weighted by Gasteiger charge is 2.45. The minimum absolute atomic E-state index is 0.0211. The van der Waals surface area contributed by atoms with Crippen LogP contribution in [0.2, 0.25) is 0 Å². The number of anilines is 2. The lowest BCUT2D eigenvalue weighted by molar-refractivity contribution is 0.181. The molecule has 0 spiro atoms. The van der Waals surface area contributed by atoms with Crippen molar-refractivity contribution in [2.45, 2.75) is 88.8 Å². The van der Waals surface area contributed by atoms with Gasteiger partial charge in [-0.2, -0.15) is 0 Å². The third-order valence-corrected chi connectivity index (χ3v) is 12.1. The van der Waals surface area contributed by atoms with Crippen molar-refractivity contribution >= 4 is 39.4 Å². The molecule has 1 aromatic heterocycles. The lowest BCUT2D eigenvalue weighted by Crippen LogP contribution is -2.59. The van der Waals surface area contributed by atoms with Crippen LogP contribution in [0, 0.1) is 30.9 Å². The van der Waals surface area contributed by atoms with Gasteiger partial charge in [0.1, 0.15) is 23.0 Å². The van der Waals surface area contributed by atoms with E-state index >= 15 is 8.78 Å². The van der Waals surface area contributed by atoms with Gasteiger partial charge in [0.05, 0.1) is 16.6 Å². The van der Waals surface area contributed by atoms with Crippen LogP contribution in [0.25, 0.3) is 32.8 Å². The largest absolute Gasteiger partial charge is 0.398 e. The quantitative estimate of drug-likeness (QED) is 0.127. The molecule has 254 valence electrons. The predicted octanol–water partition coefficient (Wildman–Crippen LogP) is 6.93. The van der Waals surface area contributed by atoms with Gasteiger partial charge in [-0.1, -0.05) is 31.0 Å². The van der Waals surface area contributed by atoms with E-state index in [2.05, 4.69) is 33.0 Å². The van der Waals surface area contributed by atoms with Gasteiger partial charge in [-0.3, -0.25) is 9.89 Å². The number of nitrogens with one attached hydrogen (secondary N) is 1. The second-order valence-electron chi connectivity index (χ2n) is 14.9. The number of hydrogen-bond donors (Lipinski definition) is 2. The molecule has 2 atom stereocenters. The first-order valence-electron chi connectivity index (χ1n) is 17.9. The molecule has 49 heavy (non-hydrogen) atoms. The number of nitrogens with zero attached hydrogens (tertiary/aromatic N) is 5. The van der Waals surface area contributed by atoms with Crippen LogP contribution < -0.4 is 16.0 Å². The monoisotopic (exact) mass is 661 g/mol. The zero-order valence-corrected chi connectivity index (χ0v) is 28.8. The van der Waals surface area contributed by atoms with E-state index in [9.17, 15) is 0 Å². The Hall–Kier alpha value is -4.13. The van der Waals surface area contributed by atoms with Crippen LogP contribution in [0.3, 0.4) is 0 Å². The van der Waals surface area contributed by atoms with Gasteiger partial charge in [-0.15, -0.1) is 6.42 Å². The summed E-state index contributed by atoms with van der Waals surface area (Å²) < 4.78 is 32.8. The minimum atomic E-state index is -0.547. The van der Waals surface area contributed by atoms with Crippen LogP contribution in [0.4, 0.5) is 20.3 Å². The summed E-state index contributed by atoms with van der Waals surface area (Å²) in [5, 5.41) is 5.62. The average molecular weight is 662 g/mol. The Balaban J connectivity index is 1.39. The number of halogens is 2. The van der Waals surface area contributed by atoms with E-state index < -0.39 is 11.6 Å². The van der Waals surface area contributed by atoms with Crippen molar-refractivity contribution in [1.29, 1.82) is 0 Å². The molecule has 3 N–H and O–H groups in total. The molecule has 4 aromatic rings. The maximum Gasteiger partial charge on any atom is 0.159 e. The average Bonchev–Trinajstić information content (AvgIpc) is 3.77. The highest BCUT2D eigenvalue weighted by Crippen LogP contribution is 2.46. The van der Waals surface area contributed by atoms with E-state index in [1.807, 2.05) is 19.1 Å². The normalized spacial score (nSPS) is 23.3. The predicted molar refractivity (Wildman–Crippen MR) is 195 cm³/mol. The number of aromatic nitrogens is 2. The van der Waals surface area contributed by atoms with Crippen molar-refractivity contribution in [2.75, 3.05) is 43.9 Å². The highest BCUT2D eigenvalue weighted by atomic mass is 19.1. The molecule has 4 saturated heterocycles. The molecule has 4 aliphatic rings. The molecule has 2 unspecified atom stereocenters. The van der Waals surface area contributed by atoms with E-state index in [0.717, 1.165) is 68.6 Å². The van der Waals surface area contributed by atoms with E-state index in [1.165, 1.54) is 31.7 Å².